The number of aryl methyl sites for hydroxylation is 1. The maximum atomic E-state index is 13.1. The summed E-state index contributed by atoms with van der Waals surface area (Å²) >= 11 is 6.08. The van der Waals surface area contributed by atoms with Gasteiger partial charge in [-0.3, -0.25) is 0 Å². The van der Waals surface area contributed by atoms with Crippen LogP contribution in [0.4, 0.5) is 4.39 Å². The average molecular weight is 310 g/mol. The summed E-state index contributed by atoms with van der Waals surface area (Å²) in [5, 5.41) is 0.302. The second-order valence-electron chi connectivity index (χ2n) is 4.71. The van der Waals surface area contributed by atoms with Gasteiger partial charge in [0, 0.05) is 5.02 Å². The lowest BCUT2D eigenvalue weighted by Crippen LogP contribution is -2.14. The van der Waals surface area contributed by atoms with Crippen molar-refractivity contribution in [1.29, 1.82) is 0 Å². The van der Waals surface area contributed by atoms with E-state index < -0.39 is 6.04 Å². The summed E-state index contributed by atoms with van der Waals surface area (Å²) in [5.41, 5.74) is 8.73. The number of benzene rings is 2. The summed E-state index contributed by atoms with van der Waals surface area (Å²) < 4.78 is 23.7. The molecule has 2 aromatic rings. The highest BCUT2D eigenvalue weighted by atomic mass is 35.5. The molecule has 5 heteroatoms. The molecule has 0 radical (unpaired) electrons. The van der Waals surface area contributed by atoms with E-state index in [9.17, 15) is 4.39 Å². The minimum Gasteiger partial charge on any atom is -0.493 e. The molecule has 2 rings (SSSR count). The van der Waals surface area contributed by atoms with Crippen molar-refractivity contribution in [2.45, 2.75) is 13.0 Å². The highest BCUT2D eigenvalue weighted by Crippen LogP contribution is 2.35. The summed E-state index contributed by atoms with van der Waals surface area (Å²) in [5.74, 6) is 0.836. The highest BCUT2D eigenvalue weighted by molar-refractivity contribution is 6.31. The van der Waals surface area contributed by atoms with Gasteiger partial charge in [0.1, 0.15) is 5.82 Å². The molecule has 112 valence electrons. The van der Waals surface area contributed by atoms with E-state index in [0.29, 0.717) is 22.1 Å². The van der Waals surface area contributed by atoms with E-state index in [2.05, 4.69) is 0 Å². The Morgan fingerprint density at radius 3 is 2.24 bits per heavy atom. The standard InChI is InChI=1S/C16H17ClFNO2/c1-9-6-14(20-2)15(21-3)8-12(9)16(19)11-5-4-10(18)7-13(11)17/h4-8,16H,19H2,1-3H3. The lowest BCUT2D eigenvalue weighted by molar-refractivity contribution is 0.354. The number of rotatable bonds is 4. The van der Waals surface area contributed by atoms with Crippen molar-refractivity contribution in [2.75, 3.05) is 14.2 Å². The smallest absolute Gasteiger partial charge is 0.161 e. The number of hydrogen-bond acceptors (Lipinski definition) is 3. The fraction of sp³-hybridized carbons (Fsp3) is 0.250. The summed E-state index contributed by atoms with van der Waals surface area (Å²) in [7, 11) is 3.14. The summed E-state index contributed by atoms with van der Waals surface area (Å²) in [6, 6.07) is 7.39. The molecule has 0 spiro atoms. The van der Waals surface area contributed by atoms with Gasteiger partial charge in [0.25, 0.3) is 0 Å². The minimum atomic E-state index is -0.474. The largest absolute Gasteiger partial charge is 0.493 e. The number of hydrogen-bond donors (Lipinski definition) is 1. The van der Waals surface area contributed by atoms with E-state index in [1.165, 1.54) is 12.1 Å². The Morgan fingerprint density at radius 1 is 1.05 bits per heavy atom. The highest BCUT2D eigenvalue weighted by Gasteiger charge is 2.18. The van der Waals surface area contributed by atoms with Gasteiger partial charge in [-0.1, -0.05) is 17.7 Å². The molecule has 0 saturated carbocycles. The van der Waals surface area contributed by atoms with Crippen LogP contribution in [-0.4, -0.2) is 14.2 Å². The third-order valence-electron chi connectivity index (χ3n) is 3.40. The summed E-state index contributed by atoms with van der Waals surface area (Å²) in [6.07, 6.45) is 0. The van der Waals surface area contributed by atoms with E-state index in [4.69, 9.17) is 26.8 Å². The first-order valence-corrected chi connectivity index (χ1v) is 6.78. The molecule has 1 unspecified atom stereocenters. The van der Waals surface area contributed by atoms with Crippen LogP contribution in [0.2, 0.25) is 5.02 Å². The number of halogens is 2. The molecule has 21 heavy (non-hydrogen) atoms. The number of nitrogens with two attached hydrogens (primary N) is 1. The van der Waals surface area contributed by atoms with E-state index >= 15 is 0 Å². The lowest BCUT2D eigenvalue weighted by atomic mass is 9.95. The fourth-order valence-corrected chi connectivity index (χ4v) is 2.54. The number of methoxy groups -OCH3 is 2. The van der Waals surface area contributed by atoms with Crippen molar-refractivity contribution < 1.29 is 13.9 Å². The zero-order valence-electron chi connectivity index (χ0n) is 12.1. The zero-order chi connectivity index (χ0) is 15.6. The van der Waals surface area contributed by atoms with Crippen LogP contribution in [0, 0.1) is 12.7 Å². The predicted octanol–water partition coefficient (Wildman–Crippen LogP) is 3.85. The molecule has 0 amide bonds. The molecule has 0 heterocycles. The van der Waals surface area contributed by atoms with Crippen molar-refractivity contribution >= 4 is 11.6 Å². The Labute approximate surface area is 128 Å². The first-order valence-electron chi connectivity index (χ1n) is 6.41. The van der Waals surface area contributed by atoms with Crippen LogP contribution >= 0.6 is 11.6 Å². The van der Waals surface area contributed by atoms with Gasteiger partial charge in [0.05, 0.1) is 20.3 Å². The molecule has 2 aromatic carbocycles. The molecule has 3 nitrogen and oxygen atoms in total. The Balaban J connectivity index is 2.50. The molecule has 0 aliphatic carbocycles. The van der Waals surface area contributed by atoms with Crippen molar-refractivity contribution in [3.63, 3.8) is 0 Å². The SMILES string of the molecule is COc1cc(C)c(C(N)c2ccc(F)cc2Cl)cc1OC. The van der Waals surface area contributed by atoms with Crippen LogP contribution in [0.3, 0.4) is 0 Å². The maximum absolute atomic E-state index is 13.1. The lowest BCUT2D eigenvalue weighted by Gasteiger charge is -2.19. The third-order valence-corrected chi connectivity index (χ3v) is 3.73. The van der Waals surface area contributed by atoms with Crippen LogP contribution in [0.15, 0.2) is 30.3 Å². The van der Waals surface area contributed by atoms with Crippen LogP contribution in [0.1, 0.15) is 22.7 Å². The number of ether oxygens (including phenoxy) is 2. The summed E-state index contributed by atoms with van der Waals surface area (Å²) in [6.45, 7) is 1.93. The second-order valence-corrected chi connectivity index (χ2v) is 5.11. The van der Waals surface area contributed by atoms with E-state index in [-0.39, 0.29) is 5.82 Å². The molecule has 2 N–H and O–H groups in total. The van der Waals surface area contributed by atoms with Crippen LogP contribution in [0.25, 0.3) is 0 Å². The topological polar surface area (TPSA) is 44.5 Å². The van der Waals surface area contributed by atoms with Crippen LogP contribution < -0.4 is 15.2 Å². The van der Waals surface area contributed by atoms with E-state index in [0.717, 1.165) is 11.1 Å². The quantitative estimate of drug-likeness (QED) is 0.933. The molecule has 0 aliphatic heterocycles. The molecule has 0 fully saturated rings. The predicted molar refractivity (Wildman–Crippen MR) is 81.7 cm³/mol. The first kappa shape index (κ1) is 15.6. The second kappa shape index (κ2) is 6.33. The Bertz CT molecular complexity index is 661. The van der Waals surface area contributed by atoms with Gasteiger partial charge in [0.2, 0.25) is 0 Å². The maximum Gasteiger partial charge on any atom is 0.161 e. The van der Waals surface area contributed by atoms with Gasteiger partial charge in [-0.15, -0.1) is 0 Å². The molecular weight excluding hydrogens is 293 g/mol. The van der Waals surface area contributed by atoms with Gasteiger partial charge in [0.15, 0.2) is 11.5 Å². The van der Waals surface area contributed by atoms with Crippen molar-refractivity contribution in [3.8, 4) is 11.5 Å². The zero-order valence-corrected chi connectivity index (χ0v) is 12.9. The van der Waals surface area contributed by atoms with Gasteiger partial charge in [-0.2, -0.15) is 0 Å². The van der Waals surface area contributed by atoms with Gasteiger partial charge >= 0.3 is 0 Å². The van der Waals surface area contributed by atoms with Crippen LogP contribution in [0.5, 0.6) is 11.5 Å². The van der Waals surface area contributed by atoms with E-state index in [1.54, 1.807) is 20.3 Å². The Kier molecular flexibility index (Phi) is 4.70. The molecule has 0 aromatic heterocycles. The molecule has 0 saturated heterocycles. The van der Waals surface area contributed by atoms with Crippen molar-refractivity contribution in [1.82, 2.24) is 0 Å². The fourth-order valence-electron chi connectivity index (χ4n) is 2.25. The molecule has 1 atom stereocenters. The normalized spacial score (nSPS) is 12.1. The Morgan fingerprint density at radius 2 is 1.67 bits per heavy atom. The monoisotopic (exact) mass is 309 g/mol. The molecule has 0 bridgehead atoms. The Hall–Kier alpha value is -1.78. The first-order chi connectivity index (χ1) is 9.97. The van der Waals surface area contributed by atoms with Gasteiger partial charge in [-0.25, -0.2) is 4.39 Å². The van der Waals surface area contributed by atoms with Gasteiger partial charge < -0.3 is 15.2 Å². The van der Waals surface area contributed by atoms with Gasteiger partial charge in [-0.05, 0) is 47.9 Å². The van der Waals surface area contributed by atoms with E-state index in [1.807, 2.05) is 19.1 Å². The third kappa shape index (κ3) is 3.12. The molecule has 0 aliphatic rings. The minimum absolute atomic E-state index is 0.302. The van der Waals surface area contributed by atoms with Crippen LogP contribution in [-0.2, 0) is 0 Å². The van der Waals surface area contributed by atoms with Crippen molar-refractivity contribution in [2.24, 2.45) is 5.73 Å². The van der Waals surface area contributed by atoms with Crippen molar-refractivity contribution in [3.05, 3.63) is 57.9 Å². The summed E-state index contributed by atoms with van der Waals surface area (Å²) in [4.78, 5) is 0. The molecular formula is C16H17ClFNO2. The average Bonchev–Trinajstić information content (AvgIpc) is 2.46.